The number of hydrogen-bond donors (Lipinski definition) is 3. The summed E-state index contributed by atoms with van der Waals surface area (Å²) in [7, 11) is 0. The van der Waals surface area contributed by atoms with E-state index in [4.69, 9.17) is 28.8 Å². The van der Waals surface area contributed by atoms with Gasteiger partial charge in [0.2, 0.25) is 5.95 Å². The molecular formula is C10H10ClN5. The molecule has 0 atom stereocenters. The van der Waals surface area contributed by atoms with E-state index in [1.165, 1.54) is 0 Å². The quantitative estimate of drug-likeness (QED) is 0.651. The lowest BCUT2D eigenvalue weighted by Crippen LogP contribution is -2.01. The smallest absolute Gasteiger partial charge is 0.221 e. The van der Waals surface area contributed by atoms with Crippen molar-refractivity contribution in [1.29, 1.82) is 0 Å². The van der Waals surface area contributed by atoms with Crippen LogP contribution in [0.3, 0.4) is 0 Å². The fraction of sp³-hybridized carbons (Fsp3) is 0. The Balaban J connectivity index is 2.54. The lowest BCUT2D eigenvalue weighted by atomic mass is 10.1. The van der Waals surface area contributed by atoms with Crippen molar-refractivity contribution in [2.24, 2.45) is 0 Å². The molecule has 6 N–H and O–H groups in total. The molecule has 0 saturated carbocycles. The molecule has 0 unspecified atom stereocenters. The van der Waals surface area contributed by atoms with Crippen LogP contribution in [0.25, 0.3) is 11.1 Å². The zero-order chi connectivity index (χ0) is 11.7. The molecule has 1 aromatic heterocycles. The van der Waals surface area contributed by atoms with Gasteiger partial charge in [-0.1, -0.05) is 17.7 Å². The SMILES string of the molecule is Nc1ncc(-c2ccc(Cl)c(N)c2)c(N)n1. The largest absolute Gasteiger partial charge is 0.398 e. The third-order valence-electron chi connectivity index (χ3n) is 2.14. The minimum absolute atomic E-state index is 0.142. The molecule has 0 amide bonds. The Morgan fingerprint density at radius 1 is 1.12 bits per heavy atom. The van der Waals surface area contributed by atoms with Crippen molar-refractivity contribution in [2.45, 2.75) is 0 Å². The standard InChI is InChI=1S/C10H10ClN5/c11-7-2-1-5(3-8(7)12)6-4-15-10(14)16-9(6)13/h1-4H,12H2,(H4,13,14,15,16). The van der Waals surface area contributed by atoms with E-state index in [0.717, 1.165) is 5.56 Å². The number of aromatic nitrogens is 2. The first-order valence-electron chi connectivity index (χ1n) is 4.51. The maximum Gasteiger partial charge on any atom is 0.221 e. The van der Waals surface area contributed by atoms with E-state index >= 15 is 0 Å². The van der Waals surface area contributed by atoms with Gasteiger partial charge in [-0.3, -0.25) is 0 Å². The number of benzene rings is 1. The predicted octanol–water partition coefficient (Wildman–Crippen LogP) is 1.54. The number of nitrogen functional groups attached to an aromatic ring is 3. The van der Waals surface area contributed by atoms with Crippen molar-refractivity contribution in [2.75, 3.05) is 17.2 Å². The van der Waals surface area contributed by atoms with Gasteiger partial charge < -0.3 is 17.2 Å². The normalized spacial score (nSPS) is 10.3. The van der Waals surface area contributed by atoms with Crippen LogP contribution in [-0.4, -0.2) is 9.97 Å². The number of nitrogens with two attached hydrogens (primary N) is 3. The van der Waals surface area contributed by atoms with Gasteiger partial charge in [-0.2, -0.15) is 4.98 Å². The Hall–Kier alpha value is -2.01. The van der Waals surface area contributed by atoms with E-state index in [1.54, 1.807) is 24.4 Å². The van der Waals surface area contributed by atoms with Crippen LogP contribution in [0.5, 0.6) is 0 Å². The Labute approximate surface area is 97.3 Å². The second kappa shape index (κ2) is 3.86. The summed E-state index contributed by atoms with van der Waals surface area (Å²) in [6.07, 6.45) is 1.56. The Morgan fingerprint density at radius 2 is 1.88 bits per heavy atom. The highest BCUT2D eigenvalue weighted by Gasteiger charge is 2.06. The van der Waals surface area contributed by atoms with Crippen LogP contribution in [0.2, 0.25) is 5.02 Å². The average molecular weight is 236 g/mol. The van der Waals surface area contributed by atoms with Crippen LogP contribution in [0.4, 0.5) is 17.5 Å². The molecule has 6 heteroatoms. The molecule has 0 fully saturated rings. The second-order valence-corrected chi connectivity index (χ2v) is 3.67. The minimum atomic E-state index is 0.142. The predicted molar refractivity (Wildman–Crippen MR) is 65.7 cm³/mol. The van der Waals surface area contributed by atoms with Crippen molar-refractivity contribution in [3.63, 3.8) is 0 Å². The first-order valence-corrected chi connectivity index (χ1v) is 4.89. The first-order chi connectivity index (χ1) is 7.58. The first kappa shape index (κ1) is 10.5. The fourth-order valence-electron chi connectivity index (χ4n) is 1.34. The number of halogens is 1. The van der Waals surface area contributed by atoms with Gasteiger partial charge in [0, 0.05) is 11.8 Å². The van der Waals surface area contributed by atoms with Gasteiger partial charge >= 0.3 is 0 Å². The minimum Gasteiger partial charge on any atom is -0.398 e. The van der Waals surface area contributed by atoms with Crippen LogP contribution < -0.4 is 17.2 Å². The van der Waals surface area contributed by atoms with E-state index in [9.17, 15) is 0 Å². The van der Waals surface area contributed by atoms with Crippen molar-refractivity contribution in [1.82, 2.24) is 9.97 Å². The Morgan fingerprint density at radius 3 is 2.50 bits per heavy atom. The van der Waals surface area contributed by atoms with Crippen LogP contribution in [0.15, 0.2) is 24.4 Å². The molecule has 0 radical (unpaired) electrons. The molecule has 2 rings (SSSR count). The van der Waals surface area contributed by atoms with Crippen molar-refractivity contribution in [3.05, 3.63) is 29.4 Å². The summed E-state index contributed by atoms with van der Waals surface area (Å²) in [4.78, 5) is 7.75. The summed E-state index contributed by atoms with van der Waals surface area (Å²) in [5.41, 5.74) is 18.8. The monoisotopic (exact) mass is 235 g/mol. The van der Waals surface area contributed by atoms with Crippen molar-refractivity contribution < 1.29 is 0 Å². The van der Waals surface area contributed by atoms with E-state index in [0.29, 0.717) is 22.1 Å². The van der Waals surface area contributed by atoms with Gasteiger partial charge in [0.1, 0.15) is 5.82 Å². The number of hydrogen-bond acceptors (Lipinski definition) is 5. The lowest BCUT2D eigenvalue weighted by molar-refractivity contribution is 1.20. The number of nitrogens with zero attached hydrogens (tertiary/aromatic N) is 2. The lowest BCUT2D eigenvalue weighted by Gasteiger charge is -2.06. The van der Waals surface area contributed by atoms with Crippen molar-refractivity contribution in [3.8, 4) is 11.1 Å². The third-order valence-corrected chi connectivity index (χ3v) is 2.49. The molecule has 0 aliphatic heterocycles. The maximum absolute atomic E-state index is 5.83. The molecule has 0 saturated heterocycles. The van der Waals surface area contributed by atoms with Crippen LogP contribution in [0, 0.1) is 0 Å². The zero-order valence-electron chi connectivity index (χ0n) is 8.31. The molecule has 16 heavy (non-hydrogen) atoms. The van der Waals surface area contributed by atoms with Crippen LogP contribution in [-0.2, 0) is 0 Å². The molecule has 82 valence electrons. The van der Waals surface area contributed by atoms with E-state index < -0.39 is 0 Å². The van der Waals surface area contributed by atoms with Crippen LogP contribution in [0.1, 0.15) is 0 Å². The summed E-state index contributed by atoms with van der Waals surface area (Å²) in [5.74, 6) is 0.456. The zero-order valence-corrected chi connectivity index (χ0v) is 9.07. The molecule has 1 aromatic carbocycles. The number of rotatable bonds is 1. The molecule has 0 aliphatic rings. The molecule has 2 aromatic rings. The highest BCUT2D eigenvalue weighted by molar-refractivity contribution is 6.33. The summed E-state index contributed by atoms with van der Waals surface area (Å²) >= 11 is 5.83. The molecule has 0 bridgehead atoms. The van der Waals surface area contributed by atoms with Crippen LogP contribution >= 0.6 is 11.6 Å². The average Bonchev–Trinajstić information content (AvgIpc) is 2.22. The summed E-state index contributed by atoms with van der Waals surface area (Å²) in [5, 5.41) is 0.499. The van der Waals surface area contributed by atoms with Gasteiger partial charge in [-0.15, -0.1) is 0 Å². The van der Waals surface area contributed by atoms with E-state index in [-0.39, 0.29) is 5.95 Å². The molecule has 5 nitrogen and oxygen atoms in total. The highest BCUT2D eigenvalue weighted by Crippen LogP contribution is 2.29. The van der Waals surface area contributed by atoms with E-state index in [1.807, 2.05) is 0 Å². The highest BCUT2D eigenvalue weighted by atomic mass is 35.5. The Bertz CT molecular complexity index is 541. The Kier molecular flexibility index (Phi) is 2.54. The van der Waals surface area contributed by atoms with E-state index in [2.05, 4.69) is 9.97 Å². The topological polar surface area (TPSA) is 104 Å². The summed E-state index contributed by atoms with van der Waals surface area (Å²) in [6, 6.07) is 5.21. The van der Waals surface area contributed by atoms with Gasteiger partial charge in [-0.25, -0.2) is 4.98 Å². The second-order valence-electron chi connectivity index (χ2n) is 3.26. The van der Waals surface area contributed by atoms with Gasteiger partial charge in [0.05, 0.1) is 10.7 Å². The van der Waals surface area contributed by atoms with Gasteiger partial charge in [0.25, 0.3) is 0 Å². The molecule has 0 spiro atoms. The molecule has 0 aliphatic carbocycles. The van der Waals surface area contributed by atoms with Gasteiger partial charge in [-0.05, 0) is 17.7 Å². The number of anilines is 3. The summed E-state index contributed by atoms with van der Waals surface area (Å²) < 4.78 is 0. The maximum atomic E-state index is 5.83. The molecular weight excluding hydrogens is 226 g/mol. The fourth-order valence-corrected chi connectivity index (χ4v) is 1.46. The van der Waals surface area contributed by atoms with Crippen molar-refractivity contribution >= 4 is 29.1 Å². The third kappa shape index (κ3) is 1.85. The molecule has 1 heterocycles. The van der Waals surface area contributed by atoms with Gasteiger partial charge in [0.15, 0.2) is 0 Å². The summed E-state index contributed by atoms with van der Waals surface area (Å²) in [6.45, 7) is 0.